The number of carbonyl (C=O) groups is 1. The van der Waals surface area contributed by atoms with Crippen LogP contribution in [0.1, 0.15) is 15.9 Å². The average molecular weight is 227 g/mol. The third kappa shape index (κ3) is 3.23. The molecule has 0 saturated carbocycles. The summed E-state index contributed by atoms with van der Waals surface area (Å²) in [5.41, 5.74) is 0.614. The number of benzene rings is 1. The summed E-state index contributed by atoms with van der Waals surface area (Å²) in [6.07, 6.45) is 1.96. The Morgan fingerprint density at radius 1 is 1.53 bits per heavy atom. The van der Waals surface area contributed by atoms with E-state index in [2.05, 4.69) is 5.32 Å². The first-order chi connectivity index (χ1) is 7.16. The fraction of sp³-hybridized carbons (Fsp3) is 0.364. The van der Waals surface area contributed by atoms with Crippen molar-refractivity contribution < 1.29 is 9.18 Å². The standard InChI is InChI=1S/C11H14FNOS/c1-8-4-3-5-9(10(8)12)11(14)13-6-7-15-2/h3-5H,6-7H2,1-2H3,(H,13,14). The minimum absolute atomic E-state index is 0.121. The van der Waals surface area contributed by atoms with E-state index in [1.807, 2.05) is 6.26 Å². The molecule has 0 saturated heterocycles. The van der Waals surface area contributed by atoms with Gasteiger partial charge < -0.3 is 5.32 Å². The van der Waals surface area contributed by atoms with Crippen LogP contribution in [-0.4, -0.2) is 24.5 Å². The fourth-order valence-electron chi connectivity index (χ4n) is 1.18. The summed E-state index contributed by atoms with van der Waals surface area (Å²) in [7, 11) is 0. The first kappa shape index (κ1) is 12.0. The third-order valence-electron chi connectivity index (χ3n) is 2.03. The van der Waals surface area contributed by atoms with E-state index in [0.717, 1.165) is 5.75 Å². The van der Waals surface area contributed by atoms with Crippen LogP contribution in [-0.2, 0) is 0 Å². The second kappa shape index (κ2) is 5.75. The number of amides is 1. The largest absolute Gasteiger partial charge is 0.351 e. The second-order valence-electron chi connectivity index (χ2n) is 3.19. The molecule has 2 nitrogen and oxygen atoms in total. The first-order valence-corrected chi connectivity index (χ1v) is 6.08. The van der Waals surface area contributed by atoms with Gasteiger partial charge in [-0.25, -0.2) is 4.39 Å². The molecular weight excluding hydrogens is 213 g/mol. The molecule has 0 heterocycles. The molecule has 4 heteroatoms. The Bertz CT molecular complexity index is 354. The van der Waals surface area contributed by atoms with Crippen molar-refractivity contribution in [3.63, 3.8) is 0 Å². The van der Waals surface area contributed by atoms with Crippen molar-refractivity contribution in [1.29, 1.82) is 0 Å². The number of halogens is 1. The number of aryl methyl sites for hydroxylation is 1. The lowest BCUT2D eigenvalue weighted by molar-refractivity contribution is 0.0952. The zero-order chi connectivity index (χ0) is 11.3. The molecule has 0 aliphatic rings. The summed E-state index contributed by atoms with van der Waals surface area (Å²) in [4.78, 5) is 11.5. The van der Waals surface area contributed by atoms with Gasteiger partial charge in [-0.3, -0.25) is 4.79 Å². The SMILES string of the molecule is CSCCNC(=O)c1cccc(C)c1F. The highest BCUT2D eigenvalue weighted by molar-refractivity contribution is 7.98. The van der Waals surface area contributed by atoms with Gasteiger partial charge in [0.05, 0.1) is 5.56 Å². The molecule has 1 rings (SSSR count). The van der Waals surface area contributed by atoms with Crippen LogP contribution in [0.3, 0.4) is 0 Å². The number of nitrogens with one attached hydrogen (secondary N) is 1. The summed E-state index contributed by atoms with van der Waals surface area (Å²) < 4.78 is 13.5. The maximum Gasteiger partial charge on any atom is 0.254 e. The lowest BCUT2D eigenvalue weighted by Gasteiger charge is -2.06. The van der Waals surface area contributed by atoms with E-state index in [-0.39, 0.29) is 11.5 Å². The van der Waals surface area contributed by atoms with Gasteiger partial charge in [0.15, 0.2) is 0 Å². The summed E-state index contributed by atoms with van der Waals surface area (Å²) in [6.45, 7) is 2.21. The summed E-state index contributed by atoms with van der Waals surface area (Å²) in [5.74, 6) is 0.0588. The van der Waals surface area contributed by atoms with Gasteiger partial charge in [-0.15, -0.1) is 0 Å². The molecular formula is C11H14FNOS. The summed E-state index contributed by atoms with van der Waals surface area (Å²) in [6, 6.07) is 4.83. The molecule has 0 bridgehead atoms. The van der Waals surface area contributed by atoms with Crippen molar-refractivity contribution in [2.45, 2.75) is 6.92 Å². The number of thioether (sulfide) groups is 1. The Balaban J connectivity index is 2.69. The minimum Gasteiger partial charge on any atom is -0.351 e. The quantitative estimate of drug-likeness (QED) is 0.799. The molecule has 0 fully saturated rings. The van der Waals surface area contributed by atoms with E-state index >= 15 is 0 Å². The molecule has 0 spiro atoms. The Morgan fingerprint density at radius 2 is 2.27 bits per heavy atom. The van der Waals surface area contributed by atoms with Gasteiger partial charge >= 0.3 is 0 Å². The van der Waals surface area contributed by atoms with Crippen LogP contribution < -0.4 is 5.32 Å². The van der Waals surface area contributed by atoms with Crippen LogP contribution in [0, 0.1) is 12.7 Å². The Morgan fingerprint density at radius 3 is 2.93 bits per heavy atom. The molecule has 1 amide bonds. The molecule has 0 unspecified atom stereocenters. The van der Waals surface area contributed by atoms with E-state index < -0.39 is 5.82 Å². The van der Waals surface area contributed by atoms with Crippen LogP contribution >= 0.6 is 11.8 Å². The van der Waals surface area contributed by atoms with Gasteiger partial charge in [-0.1, -0.05) is 12.1 Å². The monoisotopic (exact) mass is 227 g/mol. The van der Waals surface area contributed by atoms with E-state index in [1.165, 1.54) is 6.07 Å². The molecule has 15 heavy (non-hydrogen) atoms. The van der Waals surface area contributed by atoms with Crippen molar-refractivity contribution in [3.8, 4) is 0 Å². The maximum absolute atomic E-state index is 13.5. The fourth-order valence-corrected chi connectivity index (χ4v) is 1.49. The van der Waals surface area contributed by atoms with Gasteiger partial charge in [0, 0.05) is 12.3 Å². The third-order valence-corrected chi connectivity index (χ3v) is 2.64. The zero-order valence-electron chi connectivity index (χ0n) is 8.84. The number of hydrogen-bond donors (Lipinski definition) is 1. The van der Waals surface area contributed by atoms with Crippen molar-refractivity contribution >= 4 is 17.7 Å². The summed E-state index contributed by atoms with van der Waals surface area (Å²) in [5, 5.41) is 2.67. The molecule has 1 aromatic carbocycles. The van der Waals surface area contributed by atoms with Crippen LogP contribution in [0.4, 0.5) is 4.39 Å². The van der Waals surface area contributed by atoms with Gasteiger partial charge in [0.1, 0.15) is 5.82 Å². The van der Waals surface area contributed by atoms with Crippen molar-refractivity contribution in [2.24, 2.45) is 0 Å². The lowest BCUT2D eigenvalue weighted by Crippen LogP contribution is -2.26. The predicted octanol–water partition coefficient (Wildman–Crippen LogP) is 2.23. The van der Waals surface area contributed by atoms with Crippen molar-refractivity contribution in [1.82, 2.24) is 5.32 Å². The van der Waals surface area contributed by atoms with Gasteiger partial charge in [-0.2, -0.15) is 11.8 Å². The Hall–Kier alpha value is -1.03. The van der Waals surface area contributed by atoms with Gasteiger partial charge in [0.2, 0.25) is 0 Å². The Labute approximate surface area is 93.3 Å². The van der Waals surface area contributed by atoms with E-state index in [0.29, 0.717) is 12.1 Å². The molecule has 1 aromatic rings. The zero-order valence-corrected chi connectivity index (χ0v) is 9.66. The number of hydrogen-bond acceptors (Lipinski definition) is 2. The minimum atomic E-state index is -0.431. The van der Waals surface area contributed by atoms with Crippen LogP contribution in [0.25, 0.3) is 0 Å². The highest BCUT2D eigenvalue weighted by Crippen LogP contribution is 2.11. The van der Waals surface area contributed by atoms with Crippen LogP contribution in [0.2, 0.25) is 0 Å². The summed E-state index contributed by atoms with van der Waals surface area (Å²) >= 11 is 1.64. The van der Waals surface area contributed by atoms with E-state index in [4.69, 9.17) is 0 Å². The maximum atomic E-state index is 13.5. The normalized spacial score (nSPS) is 10.1. The molecule has 82 valence electrons. The number of carbonyl (C=O) groups excluding carboxylic acids is 1. The topological polar surface area (TPSA) is 29.1 Å². The molecule has 0 atom stereocenters. The molecule has 1 N–H and O–H groups in total. The molecule has 0 aliphatic heterocycles. The average Bonchev–Trinajstić information content (AvgIpc) is 2.22. The highest BCUT2D eigenvalue weighted by atomic mass is 32.2. The van der Waals surface area contributed by atoms with Crippen LogP contribution in [0.5, 0.6) is 0 Å². The van der Waals surface area contributed by atoms with Crippen molar-refractivity contribution in [2.75, 3.05) is 18.6 Å². The molecule has 0 radical (unpaired) electrons. The highest BCUT2D eigenvalue weighted by Gasteiger charge is 2.11. The second-order valence-corrected chi connectivity index (χ2v) is 4.17. The first-order valence-electron chi connectivity index (χ1n) is 4.69. The Kier molecular flexibility index (Phi) is 4.62. The van der Waals surface area contributed by atoms with Gasteiger partial charge in [-0.05, 0) is 24.8 Å². The number of rotatable bonds is 4. The van der Waals surface area contributed by atoms with E-state index in [1.54, 1.807) is 30.8 Å². The predicted molar refractivity (Wildman–Crippen MR) is 61.9 cm³/mol. The van der Waals surface area contributed by atoms with E-state index in [9.17, 15) is 9.18 Å². The lowest BCUT2D eigenvalue weighted by atomic mass is 10.1. The molecule has 0 aromatic heterocycles. The molecule has 0 aliphatic carbocycles. The van der Waals surface area contributed by atoms with Crippen LogP contribution in [0.15, 0.2) is 18.2 Å². The smallest absolute Gasteiger partial charge is 0.254 e. The van der Waals surface area contributed by atoms with Gasteiger partial charge in [0.25, 0.3) is 5.91 Å². The van der Waals surface area contributed by atoms with Crippen molar-refractivity contribution in [3.05, 3.63) is 35.1 Å².